The van der Waals surface area contributed by atoms with E-state index in [1.807, 2.05) is 47.9 Å². The van der Waals surface area contributed by atoms with Gasteiger partial charge >= 0.3 is 0 Å². The van der Waals surface area contributed by atoms with Crippen molar-refractivity contribution in [1.82, 2.24) is 24.1 Å². The van der Waals surface area contributed by atoms with E-state index in [9.17, 15) is 4.79 Å². The number of fused-ring (bicyclic) bond motifs is 4. The van der Waals surface area contributed by atoms with Gasteiger partial charge in [0, 0.05) is 11.7 Å². The van der Waals surface area contributed by atoms with Gasteiger partial charge in [-0.2, -0.15) is 0 Å². The van der Waals surface area contributed by atoms with Crippen molar-refractivity contribution in [2.24, 2.45) is 0 Å². The largest absolute Gasteiger partial charge is 0.296 e. The Morgan fingerprint density at radius 3 is 2.47 bits per heavy atom. The summed E-state index contributed by atoms with van der Waals surface area (Å²) in [6.07, 6.45) is 3.42. The molecule has 0 amide bonds. The zero-order valence-corrected chi connectivity index (χ0v) is 17.3. The van der Waals surface area contributed by atoms with E-state index in [2.05, 4.69) is 26.0 Å². The Labute approximate surface area is 173 Å². The smallest absolute Gasteiger partial charge is 0.265 e. The molecule has 0 saturated carbocycles. The quantitative estimate of drug-likeness (QED) is 0.436. The van der Waals surface area contributed by atoms with Gasteiger partial charge in [-0.25, -0.2) is 15.0 Å². The van der Waals surface area contributed by atoms with E-state index in [0.29, 0.717) is 22.2 Å². The molecule has 0 aliphatic carbocycles. The highest BCUT2D eigenvalue weighted by Gasteiger charge is 2.21. The normalized spacial score (nSPS) is 12.8. The molecule has 150 valence electrons. The monoisotopic (exact) mass is 397 g/mol. The van der Waals surface area contributed by atoms with Crippen LogP contribution >= 0.6 is 0 Å². The molecule has 2 aromatic carbocycles. The summed E-state index contributed by atoms with van der Waals surface area (Å²) in [5.41, 5.74) is 5.49. The first-order valence-electron chi connectivity index (χ1n) is 10.4. The number of hydrogen-bond acceptors (Lipinski definition) is 4. The summed E-state index contributed by atoms with van der Waals surface area (Å²) in [7, 11) is 0. The Balaban J connectivity index is 1.97. The molecule has 0 aliphatic heterocycles. The molecule has 0 fully saturated rings. The highest BCUT2D eigenvalue weighted by Crippen LogP contribution is 2.29. The fourth-order valence-corrected chi connectivity index (χ4v) is 3.92. The van der Waals surface area contributed by atoms with E-state index in [0.717, 1.165) is 29.6 Å². The lowest BCUT2D eigenvalue weighted by molar-refractivity contribution is 0.510. The van der Waals surface area contributed by atoms with Gasteiger partial charge < -0.3 is 0 Å². The van der Waals surface area contributed by atoms with Crippen LogP contribution < -0.4 is 5.56 Å². The number of para-hydroxylation sites is 2. The van der Waals surface area contributed by atoms with Gasteiger partial charge in [-0.15, -0.1) is 0 Å². The van der Waals surface area contributed by atoms with E-state index < -0.39 is 0 Å². The molecule has 6 heteroatoms. The number of hydrogen-bond donors (Lipinski definition) is 0. The topological polar surface area (TPSA) is 65.6 Å². The van der Waals surface area contributed by atoms with E-state index in [4.69, 9.17) is 15.0 Å². The highest BCUT2D eigenvalue weighted by molar-refractivity contribution is 6.05. The van der Waals surface area contributed by atoms with Crippen molar-refractivity contribution < 1.29 is 0 Å². The maximum Gasteiger partial charge on any atom is 0.265 e. The van der Waals surface area contributed by atoms with Gasteiger partial charge in [0.1, 0.15) is 17.2 Å². The first kappa shape index (κ1) is 18.5. The molecule has 3 heterocycles. The molecule has 5 rings (SSSR count). The van der Waals surface area contributed by atoms with Crippen LogP contribution in [0.2, 0.25) is 0 Å². The molecule has 0 bridgehead atoms. The summed E-state index contributed by atoms with van der Waals surface area (Å²) in [4.78, 5) is 27.9. The summed E-state index contributed by atoms with van der Waals surface area (Å²) in [5.74, 6) is 0. The third-order valence-electron chi connectivity index (χ3n) is 5.83. The standard InChI is InChI=1S/C24H23N5O/c1-4-15(3)28-14-25-22-20(24(28)30)21-23(27-19-12-7-6-11-18(19)26-21)29(22)17-10-8-9-16(5-2)13-17/h6-15H,4-5H2,1-3H3. The van der Waals surface area contributed by atoms with E-state index in [1.165, 1.54) is 5.56 Å². The summed E-state index contributed by atoms with van der Waals surface area (Å²) in [5, 5.41) is 0.521. The third kappa shape index (κ3) is 2.71. The minimum Gasteiger partial charge on any atom is -0.296 e. The first-order chi connectivity index (χ1) is 14.6. The number of benzene rings is 2. The Bertz CT molecular complexity index is 1460. The van der Waals surface area contributed by atoms with Crippen LogP contribution in [-0.4, -0.2) is 24.1 Å². The Morgan fingerprint density at radius 1 is 0.967 bits per heavy atom. The predicted octanol–water partition coefficient (Wildman–Crippen LogP) is 4.82. The lowest BCUT2D eigenvalue weighted by Gasteiger charge is -2.12. The Kier molecular flexibility index (Phi) is 4.35. The number of aromatic nitrogens is 5. The van der Waals surface area contributed by atoms with E-state index in [-0.39, 0.29) is 11.6 Å². The van der Waals surface area contributed by atoms with Crippen LogP contribution in [0.3, 0.4) is 0 Å². The van der Waals surface area contributed by atoms with Gasteiger partial charge in [-0.05, 0) is 49.6 Å². The summed E-state index contributed by atoms with van der Waals surface area (Å²) < 4.78 is 3.66. The number of rotatable bonds is 4. The lowest BCUT2D eigenvalue weighted by Crippen LogP contribution is -2.23. The van der Waals surface area contributed by atoms with Crippen LogP contribution in [0.25, 0.3) is 38.9 Å². The van der Waals surface area contributed by atoms with Crippen LogP contribution in [0.15, 0.2) is 59.7 Å². The minimum absolute atomic E-state index is 0.0598. The molecule has 3 aromatic heterocycles. The molecule has 6 nitrogen and oxygen atoms in total. The zero-order valence-electron chi connectivity index (χ0n) is 17.3. The van der Waals surface area contributed by atoms with Crippen molar-refractivity contribution in [3.8, 4) is 5.69 Å². The molecule has 0 aliphatic rings. The van der Waals surface area contributed by atoms with Crippen molar-refractivity contribution in [3.05, 3.63) is 70.8 Å². The molecular weight excluding hydrogens is 374 g/mol. The SMILES string of the molecule is CCc1cccc(-n2c3nc4ccccc4nc3c3c(=O)n(C(C)CC)cnc32)c1. The molecule has 5 aromatic rings. The molecule has 0 saturated heterocycles. The fourth-order valence-electron chi connectivity index (χ4n) is 3.92. The highest BCUT2D eigenvalue weighted by atomic mass is 16.1. The van der Waals surface area contributed by atoms with Gasteiger partial charge in [-0.1, -0.05) is 38.1 Å². The first-order valence-corrected chi connectivity index (χ1v) is 10.4. The van der Waals surface area contributed by atoms with Crippen LogP contribution in [-0.2, 0) is 6.42 Å². The Morgan fingerprint density at radius 2 is 1.73 bits per heavy atom. The second-order valence-electron chi connectivity index (χ2n) is 7.66. The van der Waals surface area contributed by atoms with Gasteiger partial charge in [0.25, 0.3) is 5.56 Å². The van der Waals surface area contributed by atoms with Crippen LogP contribution in [0.4, 0.5) is 0 Å². The molecule has 1 unspecified atom stereocenters. The molecule has 0 N–H and O–H groups in total. The molecule has 0 radical (unpaired) electrons. The summed E-state index contributed by atoms with van der Waals surface area (Å²) in [6, 6.07) is 16.1. The second kappa shape index (κ2) is 7.06. The van der Waals surface area contributed by atoms with Crippen LogP contribution in [0.5, 0.6) is 0 Å². The molecule has 30 heavy (non-hydrogen) atoms. The van der Waals surface area contributed by atoms with Gasteiger partial charge in [0.05, 0.1) is 11.0 Å². The van der Waals surface area contributed by atoms with Crippen molar-refractivity contribution in [1.29, 1.82) is 0 Å². The maximum absolute atomic E-state index is 13.5. The molecular formula is C24H23N5O. The third-order valence-corrected chi connectivity index (χ3v) is 5.83. The average Bonchev–Trinajstić information content (AvgIpc) is 3.11. The minimum atomic E-state index is -0.0747. The maximum atomic E-state index is 13.5. The number of aryl methyl sites for hydroxylation is 1. The van der Waals surface area contributed by atoms with Crippen LogP contribution in [0, 0.1) is 0 Å². The van der Waals surface area contributed by atoms with Crippen molar-refractivity contribution in [2.75, 3.05) is 0 Å². The van der Waals surface area contributed by atoms with E-state index >= 15 is 0 Å². The summed E-state index contributed by atoms with van der Waals surface area (Å²) >= 11 is 0. The van der Waals surface area contributed by atoms with Crippen molar-refractivity contribution >= 4 is 33.2 Å². The van der Waals surface area contributed by atoms with Crippen LogP contribution in [0.1, 0.15) is 38.8 Å². The van der Waals surface area contributed by atoms with E-state index in [1.54, 1.807) is 10.9 Å². The average molecular weight is 397 g/mol. The van der Waals surface area contributed by atoms with Crippen molar-refractivity contribution in [2.45, 2.75) is 39.7 Å². The Hall–Kier alpha value is -3.54. The number of nitrogens with zero attached hydrogens (tertiary/aromatic N) is 5. The van der Waals surface area contributed by atoms with Gasteiger partial charge in [0.2, 0.25) is 0 Å². The lowest BCUT2D eigenvalue weighted by atomic mass is 10.1. The zero-order chi connectivity index (χ0) is 20.8. The fraction of sp³-hybridized carbons (Fsp3) is 0.250. The van der Waals surface area contributed by atoms with Gasteiger partial charge in [0.15, 0.2) is 11.3 Å². The van der Waals surface area contributed by atoms with Gasteiger partial charge in [-0.3, -0.25) is 13.9 Å². The predicted molar refractivity (Wildman–Crippen MR) is 120 cm³/mol. The molecule has 0 spiro atoms. The molecule has 1 atom stereocenters. The second-order valence-corrected chi connectivity index (χ2v) is 7.66. The summed E-state index contributed by atoms with van der Waals surface area (Å²) in [6.45, 7) is 6.22. The van der Waals surface area contributed by atoms with Crippen molar-refractivity contribution in [3.63, 3.8) is 0 Å².